The second kappa shape index (κ2) is 8.18. The van der Waals surface area contributed by atoms with Crippen molar-refractivity contribution in [2.24, 2.45) is 0 Å². The van der Waals surface area contributed by atoms with E-state index in [4.69, 9.17) is 0 Å². The van der Waals surface area contributed by atoms with Gasteiger partial charge < -0.3 is 10.2 Å². The molecule has 0 unspecified atom stereocenters. The molecule has 1 amide bonds. The van der Waals surface area contributed by atoms with Crippen LogP contribution in [0.3, 0.4) is 0 Å². The van der Waals surface area contributed by atoms with Gasteiger partial charge in [-0.1, -0.05) is 42.5 Å². The van der Waals surface area contributed by atoms with Crippen LogP contribution >= 0.6 is 0 Å². The highest BCUT2D eigenvalue weighted by Crippen LogP contribution is 2.15. The SMILES string of the molecule is O=C(NCCN1CCN(c2ccccc2)CC1)c1ccc2ccccc2n1. The van der Waals surface area contributed by atoms with Crippen LogP contribution in [0.2, 0.25) is 0 Å². The van der Waals surface area contributed by atoms with E-state index < -0.39 is 0 Å². The first-order chi connectivity index (χ1) is 13.3. The molecule has 0 atom stereocenters. The molecule has 1 fully saturated rings. The number of rotatable bonds is 5. The maximum absolute atomic E-state index is 12.4. The van der Waals surface area contributed by atoms with E-state index in [2.05, 4.69) is 44.4 Å². The van der Waals surface area contributed by atoms with Crippen LogP contribution in [-0.4, -0.2) is 55.1 Å². The average molecular weight is 360 g/mol. The van der Waals surface area contributed by atoms with E-state index in [1.54, 1.807) is 6.07 Å². The molecule has 138 valence electrons. The third kappa shape index (κ3) is 4.26. The molecule has 1 saturated heterocycles. The van der Waals surface area contributed by atoms with Gasteiger partial charge in [-0.05, 0) is 24.3 Å². The third-order valence-corrected chi connectivity index (χ3v) is 5.04. The summed E-state index contributed by atoms with van der Waals surface area (Å²) in [6.45, 7) is 5.56. The Morgan fingerprint density at radius 1 is 0.889 bits per heavy atom. The van der Waals surface area contributed by atoms with Crippen molar-refractivity contribution in [2.45, 2.75) is 0 Å². The van der Waals surface area contributed by atoms with E-state index in [0.29, 0.717) is 12.2 Å². The Morgan fingerprint density at radius 3 is 2.44 bits per heavy atom. The summed E-state index contributed by atoms with van der Waals surface area (Å²) in [6, 6.07) is 22.1. The molecular formula is C22H24N4O. The second-order valence-electron chi connectivity index (χ2n) is 6.81. The van der Waals surface area contributed by atoms with Crippen LogP contribution in [0.1, 0.15) is 10.5 Å². The zero-order valence-electron chi connectivity index (χ0n) is 15.3. The number of nitrogens with zero attached hydrogens (tertiary/aromatic N) is 3. The number of hydrogen-bond donors (Lipinski definition) is 1. The largest absolute Gasteiger partial charge is 0.369 e. The number of pyridine rings is 1. The van der Waals surface area contributed by atoms with E-state index in [0.717, 1.165) is 43.6 Å². The van der Waals surface area contributed by atoms with Crippen LogP contribution in [-0.2, 0) is 0 Å². The molecule has 2 aromatic carbocycles. The molecule has 5 nitrogen and oxygen atoms in total. The van der Waals surface area contributed by atoms with Crippen molar-refractivity contribution in [3.63, 3.8) is 0 Å². The minimum absolute atomic E-state index is 0.108. The predicted octanol–water partition coefficient (Wildman–Crippen LogP) is 2.79. The Labute approximate surface area is 159 Å². The first-order valence-corrected chi connectivity index (χ1v) is 9.46. The monoisotopic (exact) mass is 360 g/mol. The van der Waals surface area contributed by atoms with Crippen LogP contribution in [0.15, 0.2) is 66.7 Å². The van der Waals surface area contributed by atoms with Gasteiger partial charge in [0.2, 0.25) is 0 Å². The smallest absolute Gasteiger partial charge is 0.269 e. The number of piperazine rings is 1. The van der Waals surface area contributed by atoms with Gasteiger partial charge in [-0.3, -0.25) is 9.69 Å². The highest BCUT2D eigenvalue weighted by Gasteiger charge is 2.17. The molecule has 0 spiro atoms. The van der Waals surface area contributed by atoms with E-state index in [-0.39, 0.29) is 5.91 Å². The molecular weight excluding hydrogens is 336 g/mol. The normalized spacial score (nSPS) is 15.0. The maximum Gasteiger partial charge on any atom is 0.269 e. The molecule has 0 radical (unpaired) electrons. The van der Waals surface area contributed by atoms with Crippen molar-refractivity contribution in [2.75, 3.05) is 44.2 Å². The summed E-state index contributed by atoms with van der Waals surface area (Å²) >= 11 is 0. The first kappa shape index (κ1) is 17.5. The standard InChI is InChI=1S/C22H24N4O/c27-22(21-11-10-18-6-4-5-9-20(18)24-21)23-12-13-25-14-16-26(17-15-25)19-7-2-1-3-8-19/h1-11H,12-17H2,(H,23,27). The number of aromatic nitrogens is 1. The summed E-state index contributed by atoms with van der Waals surface area (Å²) in [7, 11) is 0. The second-order valence-corrected chi connectivity index (χ2v) is 6.81. The molecule has 3 aromatic rings. The van der Waals surface area contributed by atoms with Gasteiger partial charge in [0, 0.05) is 50.3 Å². The van der Waals surface area contributed by atoms with Crippen molar-refractivity contribution < 1.29 is 4.79 Å². The molecule has 4 rings (SSSR count). The van der Waals surface area contributed by atoms with Crippen LogP contribution < -0.4 is 10.2 Å². The number of benzene rings is 2. The molecule has 1 aliphatic heterocycles. The van der Waals surface area contributed by atoms with Crippen molar-refractivity contribution in [3.05, 3.63) is 72.4 Å². The van der Waals surface area contributed by atoms with Gasteiger partial charge in [0.25, 0.3) is 5.91 Å². The molecule has 0 saturated carbocycles. The number of hydrogen-bond acceptors (Lipinski definition) is 4. The quantitative estimate of drug-likeness (QED) is 0.760. The Kier molecular flexibility index (Phi) is 5.30. The lowest BCUT2D eigenvalue weighted by molar-refractivity contribution is 0.0943. The molecule has 0 aliphatic carbocycles. The number of carbonyl (C=O) groups excluding carboxylic acids is 1. The minimum atomic E-state index is -0.108. The minimum Gasteiger partial charge on any atom is -0.369 e. The zero-order valence-corrected chi connectivity index (χ0v) is 15.3. The molecule has 1 aromatic heterocycles. The lowest BCUT2D eigenvalue weighted by Crippen LogP contribution is -2.48. The fraction of sp³-hybridized carbons (Fsp3) is 0.273. The van der Waals surface area contributed by atoms with Crippen LogP contribution in [0.25, 0.3) is 10.9 Å². The van der Waals surface area contributed by atoms with Crippen LogP contribution in [0.5, 0.6) is 0 Å². The van der Waals surface area contributed by atoms with Gasteiger partial charge in [-0.15, -0.1) is 0 Å². The van der Waals surface area contributed by atoms with E-state index >= 15 is 0 Å². The summed E-state index contributed by atoms with van der Waals surface area (Å²) in [5, 5.41) is 4.04. The summed E-state index contributed by atoms with van der Waals surface area (Å²) in [6.07, 6.45) is 0. The average Bonchev–Trinajstić information content (AvgIpc) is 2.74. The van der Waals surface area contributed by atoms with Crippen molar-refractivity contribution >= 4 is 22.5 Å². The van der Waals surface area contributed by atoms with E-state index in [9.17, 15) is 4.79 Å². The number of para-hydroxylation sites is 2. The lowest BCUT2D eigenvalue weighted by Gasteiger charge is -2.36. The third-order valence-electron chi connectivity index (χ3n) is 5.04. The van der Waals surface area contributed by atoms with E-state index in [1.165, 1.54) is 5.69 Å². The number of anilines is 1. The van der Waals surface area contributed by atoms with Gasteiger partial charge in [-0.25, -0.2) is 4.98 Å². The van der Waals surface area contributed by atoms with Crippen LogP contribution in [0, 0.1) is 0 Å². The van der Waals surface area contributed by atoms with Gasteiger partial charge in [0.1, 0.15) is 5.69 Å². The first-order valence-electron chi connectivity index (χ1n) is 9.46. The van der Waals surface area contributed by atoms with Gasteiger partial charge >= 0.3 is 0 Å². The zero-order chi connectivity index (χ0) is 18.5. The summed E-state index contributed by atoms with van der Waals surface area (Å²) < 4.78 is 0. The van der Waals surface area contributed by atoms with Crippen molar-refractivity contribution in [1.29, 1.82) is 0 Å². The number of carbonyl (C=O) groups is 1. The van der Waals surface area contributed by atoms with Gasteiger partial charge in [0.05, 0.1) is 5.52 Å². The Morgan fingerprint density at radius 2 is 1.63 bits per heavy atom. The number of amides is 1. The lowest BCUT2D eigenvalue weighted by atomic mass is 10.2. The molecule has 5 heteroatoms. The molecule has 1 N–H and O–H groups in total. The number of nitrogens with one attached hydrogen (secondary N) is 1. The highest BCUT2D eigenvalue weighted by atomic mass is 16.1. The summed E-state index contributed by atoms with van der Waals surface area (Å²) in [4.78, 5) is 21.6. The van der Waals surface area contributed by atoms with Crippen molar-refractivity contribution in [1.82, 2.24) is 15.2 Å². The summed E-state index contributed by atoms with van der Waals surface area (Å²) in [5.74, 6) is -0.108. The molecule has 1 aliphatic rings. The molecule has 27 heavy (non-hydrogen) atoms. The topological polar surface area (TPSA) is 48.5 Å². The highest BCUT2D eigenvalue weighted by molar-refractivity contribution is 5.94. The fourth-order valence-electron chi connectivity index (χ4n) is 3.48. The molecule has 2 heterocycles. The Bertz CT molecular complexity index is 904. The van der Waals surface area contributed by atoms with E-state index in [1.807, 2.05) is 36.4 Å². The fourth-order valence-corrected chi connectivity index (χ4v) is 3.48. The number of fused-ring (bicyclic) bond motifs is 1. The predicted molar refractivity (Wildman–Crippen MR) is 109 cm³/mol. The van der Waals surface area contributed by atoms with Gasteiger partial charge in [0.15, 0.2) is 0 Å². The van der Waals surface area contributed by atoms with Crippen LogP contribution in [0.4, 0.5) is 5.69 Å². The Balaban J connectivity index is 1.24. The van der Waals surface area contributed by atoms with Crippen molar-refractivity contribution in [3.8, 4) is 0 Å². The molecule has 0 bridgehead atoms. The summed E-state index contributed by atoms with van der Waals surface area (Å²) in [5.41, 5.74) is 2.61. The Hall–Kier alpha value is -2.92. The van der Waals surface area contributed by atoms with Gasteiger partial charge in [-0.2, -0.15) is 0 Å². The maximum atomic E-state index is 12.4.